The molecular weight excluding hydrogens is 363 g/mol. The lowest BCUT2D eigenvalue weighted by Crippen LogP contribution is -2.47. The number of carbonyl (C=O) groups is 2. The van der Waals surface area contributed by atoms with Crippen molar-refractivity contribution in [1.29, 1.82) is 0 Å². The maximum absolute atomic E-state index is 12.7. The molecule has 9 heteroatoms. The summed E-state index contributed by atoms with van der Waals surface area (Å²) in [5, 5.41) is 0. The highest BCUT2D eigenvalue weighted by molar-refractivity contribution is 5.95. The minimum atomic E-state index is -4.54. The van der Waals surface area contributed by atoms with Crippen LogP contribution < -0.4 is 0 Å². The summed E-state index contributed by atoms with van der Waals surface area (Å²) in [6.07, 6.45) is -3.44. The van der Waals surface area contributed by atoms with Crippen LogP contribution in [0.25, 0.3) is 0 Å². The number of rotatable bonds is 2. The molecule has 3 heterocycles. The van der Waals surface area contributed by atoms with Crippen LogP contribution in [0.5, 0.6) is 0 Å². The first-order valence-electron chi connectivity index (χ1n) is 8.98. The summed E-state index contributed by atoms with van der Waals surface area (Å²) in [4.78, 5) is 32.1. The van der Waals surface area contributed by atoms with E-state index < -0.39 is 11.9 Å². The van der Waals surface area contributed by atoms with Crippen LogP contribution >= 0.6 is 0 Å². The SMILES string of the molecule is Cc1nc(C(F)(F)F)ccc1C(=O)N1CCC(C(=O)N2CCOCC2)CC1. The van der Waals surface area contributed by atoms with Gasteiger partial charge in [-0.15, -0.1) is 0 Å². The quantitative estimate of drug-likeness (QED) is 0.783. The number of carbonyl (C=O) groups excluding carboxylic acids is 2. The highest BCUT2D eigenvalue weighted by atomic mass is 19.4. The predicted octanol–water partition coefficient (Wildman–Crippen LogP) is 2.12. The van der Waals surface area contributed by atoms with Gasteiger partial charge >= 0.3 is 6.18 Å². The van der Waals surface area contributed by atoms with Crippen molar-refractivity contribution in [3.05, 3.63) is 29.1 Å². The van der Waals surface area contributed by atoms with E-state index in [1.54, 1.807) is 9.80 Å². The summed E-state index contributed by atoms with van der Waals surface area (Å²) in [7, 11) is 0. The number of alkyl halides is 3. The van der Waals surface area contributed by atoms with Crippen LogP contribution in [0, 0.1) is 12.8 Å². The number of nitrogens with zero attached hydrogens (tertiary/aromatic N) is 3. The van der Waals surface area contributed by atoms with E-state index in [1.165, 1.54) is 13.0 Å². The number of hydrogen-bond acceptors (Lipinski definition) is 4. The molecule has 0 N–H and O–H groups in total. The van der Waals surface area contributed by atoms with Crippen molar-refractivity contribution in [3.63, 3.8) is 0 Å². The Balaban J connectivity index is 1.61. The largest absolute Gasteiger partial charge is 0.433 e. The van der Waals surface area contributed by atoms with Crippen LogP contribution in [0.4, 0.5) is 13.2 Å². The van der Waals surface area contributed by atoms with Crippen LogP contribution in [-0.2, 0) is 15.7 Å². The highest BCUT2D eigenvalue weighted by Crippen LogP contribution is 2.29. The van der Waals surface area contributed by atoms with Gasteiger partial charge < -0.3 is 14.5 Å². The average Bonchev–Trinajstić information content (AvgIpc) is 2.67. The van der Waals surface area contributed by atoms with Crippen molar-refractivity contribution in [2.24, 2.45) is 5.92 Å². The van der Waals surface area contributed by atoms with Crippen molar-refractivity contribution >= 4 is 11.8 Å². The molecule has 2 amide bonds. The van der Waals surface area contributed by atoms with Gasteiger partial charge in [-0.2, -0.15) is 13.2 Å². The second-order valence-corrected chi connectivity index (χ2v) is 6.83. The van der Waals surface area contributed by atoms with Gasteiger partial charge in [0.15, 0.2) is 0 Å². The summed E-state index contributed by atoms with van der Waals surface area (Å²) >= 11 is 0. The Bertz CT molecular complexity index is 710. The Labute approximate surface area is 155 Å². The molecule has 1 aromatic heterocycles. The molecule has 2 aliphatic rings. The summed E-state index contributed by atoms with van der Waals surface area (Å²) in [5.74, 6) is -0.372. The zero-order chi connectivity index (χ0) is 19.6. The van der Waals surface area contributed by atoms with E-state index >= 15 is 0 Å². The number of halogens is 3. The Morgan fingerprint density at radius 3 is 2.26 bits per heavy atom. The molecule has 0 unspecified atom stereocenters. The number of amides is 2. The smallest absolute Gasteiger partial charge is 0.378 e. The normalized spacial score (nSPS) is 19.3. The van der Waals surface area contributed by atoms with E-state index in [-0.39, 0.29) is 29.0 Å². The van der Waals surface area contributed by atoms with Gasteiger partial charge in [0.05, 0.1) is 24.5 Å². The molecule has 148 valence electrons. The Kier molecular flexibility index (Phi) is 5.69. The monoisotopic (exact) mass is 385 g/mol. The molecule has 1 aromatic rings. The maximum Gasteiger partial charge on any atom is 0.433 e. The third kappa shape index (κ3) is 4.40. The van der Waals surface area contributed by atoms with Crippen LogP contribution in [0.1, 0.15) is 34.6 Å². The standard InChI is InChI=1S/C18H22F3N3O3/c1-12-14(2-3-15(22-12)18(19,20)21)17(26)23-6-4-13(5-7-23)16(25)24-8-10-27-11-9-24/h2-3,13H,4-11H2,1H3. The Hall–Kier alpha value is -2.16. The molecule has 2 saturated heterocycles. The zero-order valence-electron chi connectivity index (χ0n) is 15.1. The third-order valence-electron chi connectivity index (χ3n) is 5.06. The van der Waals surface area contributed by atoms with Gasteiger partial charge in [0.2, 0.25) is 5.91 Å². The highest BCUT2D eigenvalue weighted by Gasteiger charge is 2.34. The second-order valence-electron chi connectivity index (χ2n) is 6.83. The number of pyridine rings is 1. The van der Waals surface area contributed by atoms with E-state index in [0.717, 1.165) is 6.07 Å². The maximum atomic E-state index is 12.7. The molecule has 2 fully saturated rings. The fourth-order valence-corrected chi connectivity index (χ4v) is 3.49. The summed E-state index contributed by atoms with van der Waals surface area (Å²) < 4.78 is 43.4. The number of hydrogen-bond donors (Lipinski definition) is 0. The van der Waals surface area contributed by atoms with E-state index in [2.05, 4.69) is 4.98 Å². The molecular formula is C18H22F3N3O3. The molecule has 0 atom stereocenters. The number of ether oxygens (including phenoxy) is 1. The molecule has 0 spiro atoms. The molecule has 3 rings (SSSR count). The zero-order valence-corrected chi connectivity index (χ0v) is 15.1. The minimum absolute atomic E-state index is 0.0568. The van der Waals surface area contributed by atoms with E-state index in [4.69, 9.17) is 4.74 Å². The number of aromatic nitrogens is 1. The van der Waals surface area contributed by atoms with Crippen LogP contribution in [0.2, 0.25) is 0 Å². The van der Waals surface area contributed by atoms with Crippen LogP contribution in [0.3, 0.4) is 0 Å². The fraction of sp³-hybridized carbons (Fsp3) is 0.611. The molecule has 2 aliphatic heterocycles. The Morgan fingerprint density at radius 1 is 1.07 bits per heavy atom. The van der Waals surface area contributed by atoms with Gasteiger partial charge in [-0.1, -0.05) is 0 Å². The van der Waals surface area contributed by atoms with E-state index in [0.29, 0.717) is 52.2 Å². The summed E-state index contributed by atoms with van der Waals surface area (Å²) in [5.41, 5.74) is -0.784. The topological polar surface area (TPSA) is 62.7 Å². The number of likely N-dealkylation sites (tertiary alicyclic amines) is 1. The first kappa shape index (κ1) is 19.6. The molecule has 0 bridgehead atoms. The lowest BCUT2D eigenvalue weighted by Gasteiger charge is -2.35. The van der Waals surface area contributed by atoms with Gasteiger partial charge in [0.1, 0.15) is 5.69 Å². The summed E-state index contributed by atoms with van der Waals surface area (Å²) in [6, 6.07) is 2.01. The van der Waals surface area contributed by atoms with Gasteiger partial charge in [0, 0.05) is 32.1 Å². The van der Waals surface area contributed by atoms with Gasteiger partial charge in [0.25, 0.3) is 5.91 Å². The van der Waals surface area contributed by atoms with E-state index in [9.17, 15) is 22.8 Å². The first-order valence-corrected chi connectivity index (χ1v) is 8.98. The minimum Gasteiger partial charge on any atom is -0.378 e. The van der Waals surface area contributed by atoms with Gasteiger partial charge in [-0.05, 0) is 31.9 Å². The molecule has 6 nitrogen and oxygen atoms in total. The molecule has 0 saturated carbocycles. The fourth-order valence-electron chi connectivity index (χ4n) is 3.49. The second kappa shape index (κ2) is 7.84. The van der Waals surface area contributed by atoms with Crippen molar-refractivity contribution in [2.45, 2.75) is 25.9 Å². The van der Waals surface area contributed by atoms with Crippen molar-refractivity contribution < 1.29 is 27.5 Å². The predicted molar refractivity (Wildman–Crippen MR) is 90.0 cm³/mol. The summed E-state index contributed by atoms with van der Waals surface area (Å²) in [6.45, 7) is 4.48. The molecule has 27 heavy (non-hydrogen) atoms. The van der Waals surface area contributed by atoms with Crippen molar-refractivity contribution in [1.82, 2.24) is 14.8 Å². The van der Waals surface area contributed by atoms with E-state index in [1.807, 2.05) is 0 Å². The lowest BCUT2D eigenvalue weighted by molar-refractivity contribution is -0.141. The Morgan fingerprint density at radius 2 is 1.70 bits per heavy atom. The number of piperidine rings is 1. The van der Waals surface area contributed by atoms with Gasteiger partial charge in [-0.3, -0.25) is 9.59 Å². The third-order valence-corrected chi connectivity index (χ3v) is 5.06. The van der Waals surface area contributed by atoms with Crippen molar-refractivity contribution in [2.75, 3.05) is 39.4 Å². The molecule has 0 radical (unpaired) electrons. The first-order chi connectivity index (χ1) is 12.8. The van der Waals surface area contributed by atoms with Gasteiger partial charge in [-0.25, -0.2) is 4.98 Å². The number of aryl methyl sites for hydroxylation is 1. The molecule has 0 aromatic carbocycles. The van der Waals surface area contributed by atoms with Crippen molar-refractivity contribution in [3.8, 4) is 0 Å². The molecule has 0 aliphatic carbocycles. The number of morpholine rings is 1. The lowest BCUT2D eigenvalue weighted by atomic mass is 9.94. The average molecular weight is 385 g/mol. The van der Waals surface area contributed by atoms with Crippen LogP contribution in [0.15, 0.2) is 12.1 Å². The van der Waals surface area contributed by atoms with Crippen LogP contribution in [-0.4, -0.2) is 66.0 Å².